The molecule has 2 heteroatoms. The summed E-state index contributed by atoms with van der Waals surface area (Å²) >= 11 is 0. The number of para-hydroxylation sites is 1. The van der Waals surface area contributed by atoms with Crippen LogP contribution in [0.1, 0.15) is 31.7 Å². The van der Waals surface area contributed by atoms with Gasteiger partial charge in [-0.2, -0.15) is 0 Å². The molecular formula is C14H21NO. The molecule has 88 valence electrons. The van der Waals surface area contributed by atoms with Gasteiger partial charge in [0, 0.05) is 6.04 Å². The third-order valence-electron chi connectivity index (χ3n) is 3.77. The van der Waals surface area contributed by atoms with Crippen LogP contribution in [0.25, 0.3) is 0 Å². The second-order valence-corrected chi connectivity index (χ2v) is 4.57. The molecule has 2 nitrogen and oxygen atoms in total. The summed E-state index contributed by atoms with van der Waals surface area (Å²) in [6.45, 7) is 5.10. The minimum Gasteiger partial charge on any atom is -0.494 e. The van der Waals surface area contributed by atoms with E-state index in [0.29, 0.717) is 17.9 Å². The van der Waals surface area contributed by atoms with Crippen LogP contribution in [-0.4, -0.2) is 19.7 Å². The lowest BCUT2D eigenvalue weighted by atomic mass is 9.67. The van der Waals surface area contributed by atoms with Crippen LogP contribution in [-0.2, 0) is 0 Å². The molecule has 0 aliphatic heterocycles. The van der Waals surface area contributed by atoms with Gasteiger partial charge in [-0.05, 0) is 43.9 Å². The van der Waals surface area contributed by atoms with Crippen LogP contribution in [0.15, 0.2) is 24.3 Å². The zero-order chi connectivity index (χ0) is 11.5. The Kier molecular flexibility index (Phi) is 3.49. The molecule has 1 aromatic rings. The average Bonchev–Trinajstić information content (AvgIpc) is 2.30. The van der Waals surface area contributed by atoms with Gasteiger partial charge in [-0.25, -0.2) is 0 Å². The van der Waals surface area contributed by atoms with Crippen molar-refractivity contribution < 1.29 is 4.74 Å². The van der Waals surface area contributed by atoms with Crippen molar-refractivity contribution in [3.63, 3.8) is 0 Å². The lowest BCUT2D eigenvalue weighted by Crippen LogP contribution is -2.46. The molecule has 1 aliphatic carbocycles. The Morgan fingerprint density at radius 3 is 2.75 bits per heavy atom. The minimum absolute atomic E-state index is 0.653. The number of ether oxygens (including phenoxy) is 1. The lowest BCUT2D eigenvalue weighted by molar-refractivity contribution is 0.189. The highest BCUT2D eigenvalue weighted by atomic mass is 16.5. The van der Waals surface area contributed by atoms with E-state index in [2.05, 4.69) is 30.4 Å². The van der Waals surface area contributed by atoms with Crippen LogP contribution < -0.4 is 10.1 Å². The maximum absolute atomic E-state index is 5.69. The van der Waals surface area contributed by atoms with E-state index in [1.165, 1.54) is 12.0 Å². The van der Waals surface area contributed by atoms with Crippen molar-refractivity contribution >= 4 is 0 Å². The first-order valence-electron chi connectivity index (χ1n) is 6.17. The predicted molar refractivity (Wildman–Crippen MR) is 67.0 cm³/mol. The summed E-state index contributed by atoms with van der Waals surface area (Å²) in [6, 6.07) is 9.11. The van der Waals surface area contributed by atoms with Crippen LogP contribution in [0.5, 0.6) is 5.75 Å². The van der Waals surface area contributed by atoms with Crippen LogP contribution in [0.3, 0.4) is 0 Å². The van der Waals surface area contributed by atoms with E-state index in [0.717, 1.165) is 12.4 Å². The number of rotatable bonds is 4. The molecule has 0 aromatic heterocycles. The Hall–Kier alpha value is -1.02. The monoisotopic (exact) mass is 219 g/mol. The Balaban J connectivity index is 2.15. The van der Waals surface area contributed by atoms with Crippen molar-refractivity contribution in [2.75, 3.05) is 13.7 Å². The third kappa shape index (κ3) is 1.94. The van der Waals surface area contributed by atoms with E-state index in [4.69, 9.17) is 4.74 Å². The average molecular weight is 219 g/mol. The molecule has 1 aliphatic rings. The third-order valence-corrected chi connectivity index (χ3v) is 3.77. The minimum atomic E-state index is 0.653. The van der Waals surface area contributed by atoms with Gasteiger partial charge in [0.2, 0.25) is 0 Å². The van der Waals surface area contributed by atoms with E-state index >= 15 is 0 Å². The number of hydrogen-bond donors (Lipinski definition) is 1. The molecule has 1 saturated carbocycles. The Labute approximate surface area is 98.0 Å². The highest BCUT2D eigenvalue weighted by Crippen LogP contribution is 2.45. The summed E-state index contributed by atoms with van der Waals surface area (Å²) in [6.07, 6.45) is 1.22. The Morgan fingerprint density at radius 1 is 1.38 bits per heavy atom. The quantitative estimate of drug-likeness (QED) is 0.840. The summed E-state index contributed by atoms with van der Waals surface area (Å²) in [7, 11) is 2.05. The largest absolute Gasteiger partial charge is 0.494 e. The Morgan fingerprint density at radius 2 is 2.12 bits per heavy atom. The van der Waals surface area contributed by atoms with Gasteiger partial charge < -0.3 is 10.1 Å². The molecule has 0 saturated heterocycles. The van der Waals surface area contributed by atoms with E-state index < -0.39 is 0 Å². The van der Waals surface area contributed by atoms with Gasteiger partial charge in [-0.1, -0.05) is 25.1 Å². The first-order chi connectivity index (χ1) is 7.77. The molecule has 0 radical (unpaired) electrons. The van der Waals surface area contributed by atoms with Crippen molar-refractivity contribution in [2.24, 2.45) is 5.92 Å². The molecule has 16 heavy (non-hydrogen) atoms. The van der Waals surface area contributed by atoms with Gasteiger partial charge in [0.15, 0.2) is 0 Å². The Bertz CT molecular complexity index is 350. The van der Waals surface area contributed by atoms with Gasteiger partial charge in [-0.3, -0.25) is 0 Å². The van der Waals surface area contributed by atoms with Gasteiger partial charge in [0.05, 0.1) is 6.61 Å². The molecule has 1 N–H and O–H groups in total. The zero-order valence-corrected chi connectivity index (χ0v) is 10.4. The maximum atomic E-state index is 5.69. The first-order valence-corrected chi connectivity index (χ1v) is 6.17. The van der Waals surface area contributed by atoms with Gasteiger partial charge in [-0.15, -0.1) is 0 Å². The van der Waals surface area contributed by atoms with Crippen LogP contribution in [0, 0.1) is 5.92 Å². The molecule has 3 unspecified atom stereocenters. The number of benzene rings is 1. The molecule has 0 heterocycles. The fraction of sp³-hybridized carbons (Fsp3) is 0.571. The van der Waals surface area contributed by atoms with E-state index in [-0.39, 0.29) is 0 Å². The summed E-state index contributed by atoms with van der Waals surface area (Å²) in [4.78, 5) is 0. The summed E-state index contributed by atoms with van der Waals surface area (Å²) in [5.41, 5.74) is 1.38. The molecule has 1 fully saturated rings. The van der Waals surface area contributed by atoms with E-state index in [1.807, 2.05) is 20.0 Å². The second-order valence-electron chi connectivity index (χ2n) is 4.57. The smallest absolute Gasteiger partial charge is 0.122 e. The van der Waals surface area contributed by atoms with E-state index in [9.17, 15) is 0 Å². The van der Waals surface area contributed by atoms with Crippen LogP contribution >= 0.6 is 0 Å². The molecule has 2 rings (SSSR count). The summed E-state index contributed by atoms with van der Waals surface area (Å²) in [5, 5.41) is 3.36. The standard InChI is InChI=1S/C14H21NO/c1-4-16-14-8-6-5-7-11(14)12-9-13(15-3)10(12)2/h5-8,10,12-13,15H,4,9H2,1-3H3. The van der Waals surface area contributed by atoms with E-state index in [1.54, 1.807) is 0 Å². The van der Waals surface area contributed by atoms with Gasteiger partial charge in [0.25, 0.3) is 0 Å². The van der Waals surface area contributed by atoms with Crippen molar-refractivity contribution in [1.29, 1.82) is 0 Å². The van der Waals surface area contributed by atoms with Crippen molar-refractivity contribution in [2.45, 2.75) is 32.2 Å². The summed E-state index contributed by atoms with van der Waals surface area (Å²) < 4.78 is 5.69. The summed E-state index contributed by atoms with van der Waals surface area (Å²) in [5.74, 6) is 2.42. The number of nitrogens with one attached hydrogen (secondary N) is 1. The van der Waals surface area contributed by atoms with Crippen molar-refractivity contribution in [3.8, 4) is 5.75 Å². The van der Waals surface area contributed by atoms with Crippen LogP contribution in [0.4, 0.5) is 0 Å². The fourth-order valence-electron chi connectivity index (χ4n) is 2.65. The molecule has 0 amide bonds. The molecule has 0 spiro atoms. The highest BCUT2D eigenvalue weighted by molar-refractivity contribution is 5.38. The fourth-order valence-corrected chi connectivity index (χ4v) is 2.65. The van der Waals surface area contributed by atoms with Crippen molar-refractivity contribution in [3.05, 3.63) is 29.8 Å². The second kappa shape index (κ2) is 4.88. The number of hydrogen-bond acceptors (Lipinski definition) is 2. The predicted octanol–water partition coefficient (Wildman–Crippen LogP) is 2.80. The topological polar surface area (TPSA) is 21.3 Å². The lowest BCUT2D eigenvalue weighted by Gasteiger charge is -2.43. The molecular weight excluding hydrogens is 198 g/mol. The SMILES string of the molecule is CCOc1ccccc1C1CC(NC)C1C. The molecule has 1 aromatic carbocycles. The molecule has 0 bridgehead atoms. The van der Waals surface area contributed by atoms with Gasteiger partial charge in [0.1, 0.15) is 5.75 Å². The molecule has 3 atom stereocenters. The maximum Gasteiger partial charge on any atom is 0.122 e. The van der Waals surface area contributed by atoms with Crippen LogP contribution in [0.2, 0.25) is 0 Å². The normalized spacial score (nSPS) is 28.6. The zero-order valence-electron chi connectivity index (χ0n) is 10.4. The van der Waals surface area contributed by atoms with Crippen molar-refractivity contribution in [1.82, 2.24) is 5.32 Å². The first kappa shape index (κ1) is 11.5. The van der Waals surface area contributed by atoms with Gasteiger partial charge >= 0.3 is 0 Å². The highest BCUT2D eigenvalue weighted by Gasteiger charge is 2.38.